The highest BCUT2D eigenvalue weighted by Gasteiger charge is 2.08. The Morgan fingerprint density at radius 3 is 2.83 bits per heavy atom. The fourth-order valence-electron chi connectivity index (χ4n) is 2.44. The molecule has 0 saturated heterocycles. The van der Waals surface area contributed by atoms with Gasteiger partial charge < -0.3 is 15.6 Å². The molecule has 7 nitrogen and oxygen atoms in total. The van der Waals surface area contributed by atoms with Crippen molar-refractivity contribution in [1.82, 2.24) is 24.5 Å². The number of nitrogens with two attached hydrogens (primary N) is 1. The molecule has 0 aliphatic heterocycles. The molecule has 0 aromatic carbocycles. The molecular weight excluding hydrogens is 322 g/mol. The quantitative estimate of drug-likeness (QED) is 0.581. The molecule has 0 unspecified atom stereocenters. The van der Waals surface area contributed by atoms with Gasteiger partial charge in [0.05, 0.1) is 22.9 Å². The van der Waals surface area contributed by atoms with Crippen LogP contribution in [0.1, 0.15) is 0 Å². The number of rotatable bonds is 5. The molecule has 0 amide bonds. The molecule has 0 fully saturated rings. The van der Waals surface area contributed by atoms with E-state index in [0.29, 0.717) is 6.54 Å². The number of pyridine rings is 2. The lowest BCUT2D eigenvalue weighted by Gasteiger charge is -2.04. The minimum atomic E-state index is 0.568. The molecule has 0 radical (unpaired) electrons. The summed E-state index contributed by atoms with van der Waals surface area (Å²) in [6.45, 7) is 1.29. The van der Waals surface area contributed by atoms with Crippen LogP contribution in [0.15, 0.2) is 49.3 Å². The molecule has 120 valence electrons. The fraction of sp³-hybridized carbons (Fsp3) is 0.125. The third-order valence-corrected chi connectivity index (χ3v) is 4.54. The Morgan fingerprint density at radius 1 is 1.12 bits per heavy atom. The van der Waals surface area contributed by atoms with E-state index in [4.69, 9.17) is 5.73 Å². The summed E-state index contributed by atoms with van der Waals surface area (Å²) in [5.74, 6) is 0.733. The second kappa shape index (κ2) is 6.34. The van der Waals surface area contributed by atoms with E-state index in [1.54, 1.807) is 36.3 Å². The van der Waals surface area contributed by atoms with Crippen LogP contribution in [0.5, 0.6) is 0 Å². The van der Waals surface area contributed by atoms with Crippen molar-refractivity contribution >= 4 is 33.3 Å². The Kier molecular flexibility index (Phi) is 3.89. The molecule has 4 aromatic heterocycles. The Labute approximate surface area is 142 Å². The van der Waals surface area contributed by atoms with Crippen molar-refractivity contribution in [2.75, 3.05) is 11.9 Å². The molecule has 24 heavy (non-hydrogen) atoms. The Bertz CT molecular complexity index is 961. The van der Waals surface area contributed by atoms with Gasteiger partial charge in [-0.3, -0.25) is 4.98 Å². The maximum Gasteiger partial charge on any atom is 0.188 e. The maximum absolute atomic E-state index is 5.64. The number of nitrogens with one attached hydrogen (secondary N) is 1. The summed E-state index contributed by atoms with van der Waals surface area (Å²) in [4.78, 5) is 18.3. The van der Waals surface area contributed by atoms with Crippen LogP contribution in [-0.4, -0.2) is 31.0 Å². The molecule has 0 aliphatic rings. The van der Waals surface area contributed by atoms with Crippen LogP contribution >= 0.6 is 11.3 Å². The van der Waals surface area contributed by atoms with Gasteiger partial charge in [0.2, 0.25) is 0 Å². The Balaban J connectivity index is 1.60. The van der Waals surface area contributed by atoms with E-state index < -0.39 is 0 Å². The van der Waals surface area contributed by atoms with Crippen molar-refractivity contribution < 1.29 is 0 Å². The standard InChI is InChI=1S/C16H15N7S/c17-3-6-23-10-21-12-8-19-15(7-13(12)23)22-16-20-9-14(24-16)11-1-4-18-5-2-11/h1-2,4-5,7-10H,3,6,17H2,(H,19,20,22). The zero-order chi connectivity index (χ0) is 16.4. The van der Waals surface area contributed by atoms with Crippen molar-refractivity contribution in [2.45, 2.75) is 6.54 Å². The topological polar surface area (TPSA) is 94.5 Å². The fourth-order valence-corrected chi connectivity index (χ4v) is 3.27. The van der Waals surface area contributed by atoms with Crippen LogP contribution in [0, 0.1) is 0 Å². The van der Waals surface area contributed by atoms with Crippen LogP contribution in [0.2, 0.25) is 0 Å². The van der Waals surface area contributed by atoms with E-state index in [2.05, 4.69) is 25.3 Å². The first-order chi connectivity index (χ1) is 11.8. The van der Waals surface area contributed by atoms with Crippen LogP contribution in [-0.2, 0) is 6.54 Å². The summed E-state index contributed by atoms with van der Waals surface area (Å²) in [7, 11) is 0. The molecule has 0 aliphatic carbocycles. The molecule has 0 saturated carbocycles. The summed E-state index contributed by atoms with van der Waals surface area (Å²) in [6, 6.07) is 5.89. The number of aromatic nitrogens is 5. The Hall–Kier alpha value is -2.84. The molecule has 0 atom stereocenters. The maximum atomic E-state index is 5.64. The van der Waals surface area contributed by atoms with E-state index in [1.807, 2.05) is 29.0 Å². The third kappa shape index (κ3) is 2.84. The highest BCUT2D eigenvalue weighted by atomic mass is 32.1. The summed E-state index contributed by atoms with van der Waals surface area (Å²) in [6.07, 6.45) is 8.93. The predicted molar refractivity (Wildman–Crippen MR) is 95.2 cm³/mol. The zero-order valence-electron chi connectivity index (χ0n) is 12.8. The van der Waals surface area contributed by atoms with Crippen LogP contribution in [0.25, 0.3) is 21.5 Å². The minimum absolute atomic E-state index is 0.568. The number of thiazole rings is 1. The average Bonchev–Trinajstić information content (AvgIpc) is 3.24. The van der Waals surface area contributed by atoms with E-state index >= 15 is 0 Å². The average molecular weight is 337 g/mol. The Morgan fingerprint density at radius 2 is 2.00 bits per heavy atom. The lowest BCUT2D eigenvalue weighted by atomic mass is 10.2. The number of anilines is 2. The second-order valence-electron chi connectivity index (χ2n) is 5.18. The van der Waals surface area contributed by atoms with Crippen molar-refractivity contribution in [1.29, 1.82) is 0 Å². The molecule has 0 bridgehead atoms. The molecule has 0 spiro atoms. The highest BCUT2D eigenvalue weighted by molar-refractivity contribution is 7.18. The summed E-state index contributed by atoms with van der Waals surface area (Å²) in [5.41, 5.74) is 8.59. The molecular formula is C16H15N7S. The van der Waals surface area contributed by atoms with Gasteiger partial charge in [-0.15, -0.1) is 0 Å². The first-order valence-electron chi connectivity index (χ1n) is 7.48. The normalized spacial score (nSPS) is 11.0. The largest absolute Gasteiger partial charge is 0.329 e. The second-order valence-corrected chi connectivity index (χ2v) is 6.21. The minimum Gasteiger partial charge on any atom is -0.329 e. The van der Waals surface area contributed by atoms with Gasteiger partial charge in [0.25, 0.3) is 0 Å². The SMILES string of the molecule is NCCn1cnc2cnc(Nc3ncc(-c4ccncc4)s3)cc21. The van der Waals surface area contributed by atoms with E-state index in [0.717, 1.165) is 39.0 Å². The molecule has 3 N–H and O–H groups in total. The van der Waals surface area contributed by atoms with Crippen LogP contribution in [0.4, 0.5) is 10.9 Å². The van der Waals surface area contributed by atoms with E-state index in [-0.39, 0.29) is 0 Å². The van der Waals surface area contributed by atoms with Gasteiger partial charge in [0.1, 0.15) is 11.3 Å². The molecule has 4 aromatic rings. The van der Waals surface area contributed by atoms with Gasteiger partial charge in [-0.2, -0.15) is 0 Å². The number of hydrogen-bond acceptors (Lipinski definition) is 7. The van der Waals surface area contributed by atoms with Gasteiger partial charge in [-0.25, -0.2) is 15.0 Å². The third-order valence-electron chi connectivity index (χ3n) is 3.58. The molecule has 4 heterocycles. The number of imidazole rings is 1. The number of hydrogen-bond donors (Lipinski definition) is 2. The molecule has 4 rings (SSSR count). The van der Waals surface area contributed by atoms with Crippen molar-refractivity contribution in [2.24, 2.45) is 5.73 Å². The summed E-state index contributed by atoms with van der Waals surface area (Å²) >= 11 is 1.57. The first-order valence-corrected chi connectivity index (χ1v) is 8.29. The van der Waals surface area contributed by atoms with E-state index in [1.165, 1.54) is 0 Å². The molecule has 8 heteroatoms. The van der Waals surface area contributed by atoms with E-state index in [9.17, 15) is 0 Å². The van der Waals surface area contributed by atoms with Gasteiger partial charge in [-0.05, 0) is 17.7 Å². The summed E-state index contributed by atoms with van der Waals surface area (Å²) in [5, 5.41) is 4.04. The first kappa shape index (κ1) is 14.7. The van der Waals surface area contributed by atoms with Crippen LogP contribution in [0.3, 0.4) is 0 Å². The lowest BCUT2D eigenvalue weighted by Crippen LogP contribution is -2.08. The van der Waals surface area contributed by atoms with Crippen molar-refractivity contribution in [3.8, 4) is 10.4 Å². The van der Waals surface area contributed by atoms with Gasteiger partial charge in [0.15, 0.2) is 5.13 Å². The van der Waals surface area contributed by atoms with Gasteiger partial charge >= 0.3 is 0 Å². The zero-order valence-corrected chi connectivity index (χ0v) is 13.6. The lowest BCUT2D eigenvalue weighted by molar-refractivity contribution is 0.728. The predicted octanol–water partition coefficient (Wildman–Crippen LogP) is 2.65. The van der Waals surface area contributed by atoms with Crippen molar-refractivity contribution in [3.05, 3.63) is 49.3 Å². The monoisotopic (exact) mass is 337 g/mol. The number of nitrogens with zero attached hydrogens (tertiary/aromatic N) is 5. The van der Waals surface area contributed by atoms with Gasteiger partial charge in [0, 0.05) is 37.7 Å². The smallest absolute Gasteiger partial charge is 0.188 e. The van der Waals surface area contributed by atoms with Gasteiger partial charge in [-0.1, -0.05) is 11.3 Å². The summed E-state index contributed by atoms with van der Waals surface area (Å²) < 4.78 is 2.02. The number of fused-ring (bicyclic) bond motifs is 1. The van der Waals surface area contributed by atoms with Crippen molar-refractivity contribution in [3.63, 3.8) is 0 Å². The highest BCUT2D eigenvalue weighted by Crippen LogP contribution is 2.30. The van der Waals surface area contributed by atoms with Crippen LogP contribution < -0.4 is 11.1 Å².